The van der Waals surface area contributed by atoms with Crippen molar-refractivity contribution in [1.82, 2.24) is 4.98 Å². The summed E-state index contributed by atoms with van der Waals surface area (Å²) in [5.41, 5.74) is 1.21. The smallest absolute Gasteiger partial charge is 0.196 e. The molecule has 6 heteroatoms. The van der Waals surface area contributed by atoms with Crippen molar-refractivity contribution >= 4 is 39.5 Å². The van der Waals surface area contributed by atoms with Crippen LogP contribution in [0.4, 0.5) is 15.2 Å². The van der Waals surface area contributed by atoms with Crippen LogP contribution >= 0.6 is 22.9 Å². The summed E-state index contributed by atoms with van der Waals surface area (Å²) in [6.07, 6.45) is 0. The highest BCUT2D eigenvalue weighted by Gasteiger charge is 2.15. The number of anilines is 2. The van der Waals surface area contributed by atoms with E-state index in [-0.39, 0.29) is 17.5 Å². The third-order valence-electron chi connectivity index (χ3n) is 2.58. The molecule has 100 valence electrons. The largest absolute Gasteiger partial charge is 0.318 e. The van der Waals surface area contributed by atoms with E-state index >= 15 is 0 Å². The van der Waals surface area contributed by atoms with Gasteiger partial charge in [-0.05, 0) is 31.2 Å². The monoisotopic (exact) mass is 298 g/mol. The number of hydrogen-bond acceptors (Lipinski definition) is 4. The molecule has 0 radical (unpaired) electrons. The predicted molar refractivity (Wildman–Crippen MR) is 76.2 cm³/mol. The van der Waals surface area contributed by atoms with Gasteiger partial charge in [0.25, 0.3) is 0 Å². The third-order valence-corrected chi connectivity index (χ3v) is 3.69. The van der Waals surface area contributed by atoms with E-state index in [4.69, 9.17) is 11.6 Å². The minimum atomic E-state index is -0.281. The second-order valence-electron chi connectivity index (χ2n) is 3.79. The summed E-state index contributed by atoms with van der Waals surface area (Å²) in [5.74, 6) is -0.553. The van der Waals surface area contributed by atoms with Crippen LogP contribution in [0, 0.1) is 5.82 Å². The summed E-state index contributed by atoms with van der Waals surface area (Å²) in [7, 11) is 0. The lowest BCUT2D eigenvalue weighted by Crippen LogP contribution is -2.16. The van der Waals surface area contributed by atoms with Crippen molar-refractivity contribution in [2.75, 3.05) is 17.3 Å². The van der Waals surface area contributed by atoms with E-state index in [2.05, 4.69) is 4.98 Å². The van der Waals surface area contributed by atoms with Crippen LogP contribution in [0.15, 0.2) is 29.6 Å². The van der Waals surface area contributed by atoms with E-state index in [1.165, 1.54) is 23.5 Å². The lowest BCUT2D eigenvalue weighted by atomic mass is 10.3. The number of halogens is 2. The second kappa shape index (κ2) is 6.12. The molecule has 0 N–H and O–H groups in total. The SMILES string of the molecule is CCN(c1ccc(F)cc1)c1nc(C(=O)CCl)cs1. The zero-order valence-corrected chi connectivity index (χ0v) is 11.8. The van der Waals surface area contributed by atoms with E-state index in [0.717, 1.165) is 5.69 Å². The van der Waals surface area contributed by atoms with Crippen molar-refractivity contribution in [2.24, 2.45) is 0 Å². The van der Waals surface area contributed by atoms with E-state index in [1.807, 2.05) is 11.8 Å². The molecule has 3 nitrogen and oxygen atoms in total. The fraction of sp³-hybridized carbons (Fsp3) is 0.231. The van der Waals surface area contributed by atoms with E-state index in [0.29, 0.717) is 17.4 Å². The first-order chi connectivity index (χ1) is 9.15. The Morgan fingerprint density at radius 3 is 2.68 bits per heavy atom. The predicted octanol–water partition coefficient (Wildman–Crippen LogP) is 3.86. The molecule has 0 unspecified atom stereocenters. The Balaban J connectivity index is 2.29. The number of thiazole rings is 1. The van der Waals surface area contributed by atoms with Crippen LogP contribution < -0.4 is 4.90 Å². The summed E-state index contributed by atoms with van der Waals surface area (Å²) in [6.45, 7) is 2.64. The van der Waals surface area contributed by atoms with Gasteiger partial charge in [0.05, 0.1) is 5.88 Å². The first kappa shape index (κ1) is 14.0. The molecule has 0 saturated carbocycles. The fourth-order valence-electron chi connectivity index (χ4n) is 1.63. The number of aromatic nitrogens is 1. The summed E-state index contributed by atoms with van der Waals surface area (Å²) >= 11 is 6.87. The molecule has 0 saturated heterocycles. The zero-order chi connectivity index (χ0) is 13.8. The molecule has 0 aliphatic carbocycles. The topological polar surface area (TPSA) is 33.2 Å². The van der Waals surface area contributed by atoms with Crippen LogP contribution in [-0.2, 0) is 0 Å². The number of carbonyl (C=O) groups excluding carboxylic acids is 1. The van der Waals surface area contributed by atoms with Gasteiger partial charge in [0.2, 0.25) is 0 Å². The van der Waals surface area contributed by atoms with Gasteiger partial charge in [0, 0.05) is 17.6 Å². The maximum Gasteiger partial charge on any atom is 0.196 e. The molecule has 1 heterocycles. The molecule has 0 amide bonds. The highest BCUT2D eigenvalue weighted by atomic mass is 35.5. The lowest BCUT2D eigenvalue weighted by molar-refractivity contribution is 0.101. The van der Waals surface area contributed by atoms with E-state index in [1.54, 1.807) is 17.5 Å². The van der Waals surface area contributed by atoms with Gasteiger partial charge in [-0.25, -0.2) is 9.37 Å². The number of hydrogen-bond donors (Lipinski definition) is 0. The zero-order valence-electron chi connectivity index (χ0n) is 10.3. The quantitative estimate of drug-likeness (QED) is 0.621. The molecule has 0 bridgehead atoms. The van der Waals surface area contributed by atoms with Gasteiger partial charge in [0.15, 0.2) is 10.9 Å². The molecule has 1 aromatic heterocycles. The highest BCUT2D eigenvalue weighted by Crippen LogP contribution is 2.28. The van der Waals surface area contributed by atoms with Crippen molar-refractivity contribution < 1.29 is 9.18 Å². The lowest BCUT2D eigenvalue weighted by Gasteiger charge is -2.19. The Morgan fingerprint density at radius 2 is 2.11 bits per heavy atom. The minimum Gasteiger partial charge on any atom is -0.318 e. The number of benzene rings is 1. The minimum absolute atomic E-state index is 0.0775. The molecule has 0 atom stereocenters. The van der Waals surface area contributed by atoms with Gasteiger partial charge >= 0.3 is 0 Å². The summed E-state index contributed by atoms with van der Waals surface area (Å²) < 4.78 is 12.9. The van der Waals surface area contributed by atoms with E-state index in [9.17, 15) is 9.18 Å². The van der Waals surface area contributed by atoms with Crippen molar-refractivity contribution in [3.63, 3.8) is 0 Å². The molecule has 0 spiro atoms. The Hall–Kier alpha value is -1.46. The number of Topliss-reactive ketones (excluding diaryl/α,β-unsaturated/α-hetero) is 1. The Morgan fingerprint density at radius 1 is 1.42 bits per heavy atom. The number of rotatable bonds is 5. The van der Waals surface area contributed by atoms with Crippen molar-refractivity contribution in [3.05, 3.63) is 41.2 Å². The standard InChI is InChI=1S/C13H12ClFN2OS/c1-2-17(10-5-3-9(15)4-6-10)13-16-11(8-19-13)12(18)7-14/h3-6,8H,2,7H2,1H3. The summed E-state index contributed by atoms with van der Waals surface area (Å²) in [6, 6.07) is 6.17. The van der Waals surface area contributed by atoms with E-state index < -0.39 is 0 Å². The van der Waals surface area contributed by atoms with Crippen LogP contribution in [0.3, 0.4) is 0 Å². The van der Waals surface area contributed by atoms with Gasteiger partial charge < -0.3 is 4.90 Å². The molecular weight excluding hydrogens is 287 g/mol. The maximum absolute atomic E-state index is 12.9. The molecule has 19 heavy (non-hydrogen) atoms. The first-order valence-electron chi connectivity index (χ1n) is 5.73. The van der Waals surface area contributed by atoms with Gasteiger partial charge in [-0.1, -0.05) is 0 Å². The van der Waals surface area contributed by atoms with Crippen LogP contribution in [0.1, 0.15) is 17.4 Å². The third kappa shape index (κ3) is 3.11. The van der Waals surface area contributed by atoms with Crippen molar-refractivity contribution in [2.45, 2.75) is 6.92 Å². The number of nitrogens with zero attached hydrogens (tertiary/aromatic N) is 2. The average molecular weight is 299 g/mol. The number of carbonyl (C=O) groups is 1. The van der Waals surface area contributed by atoms with Gasteiger partial charge in [-0.3, -0.25) is 4.79 Å². The molecule has 2 aromatic rings. The Labute approximate surface area is 119 Å². The highest BCUT2D eigenvalue weighted by molar-refractivity contribution is 7.14. The fourth-order valence-corrected chi connectivity index (χ4v) is 2.68. The molecule has 2 rings (SSSR count). The molecule has 0 fully saturated rings. The van der Waals surface area contributed by atoms with Gasteiger partial charge in [0.1, 0.15) is 11.5 Å². The average Bonchev–Trinajstić information content (AvgIpc) is 2.90. The van der Waals surface area contributed by atoms with Gasteiger partial charge in [-0.15, -0.1) is 22.9 Å². The van der Waals surface area contributed by atoms with Crippen molar-refractivity contribution in [1.29, 1.82) is 0 Å². The Kier molecular flexibility index (Phi) is 4.50. The van der Waals surface area contributed by atoms with Crippen LogP contribution in [0.5, 0.6) is 0 Å². The maximum atomic E-state index is 12.9. The summed E-state index contributed by atoms with van der Waals surface area (Å²) in [4.78, 5) is 17.6. The van der Waals surface area contributed by atoms with Gasteiger partial charge in [-0.2, -0.15) is 0 Å². The molecule has 0 aliphatic rings. The van der Waals surface area contributed by atoms with Crippen LogP contribution in [0.25, 0.3) is 0 Å². The summed E-state index contributed by atoms with van der Waals surface area (Å²) in [5, 5.41) is 2.38. The molecule has 1 aromatic carbocycles. The van der Waals surface area contributed by atoms with Crippen LogP contribution in [-0.4, -0.2) is 23.2 Å². The number of alkyl halides is 1. The van der Waals surface area contributed by atoms with Crippen molar-refractivity contribution in [3.8, 4) is 0 Å². The molecular formula is C13H12ClFN2OS. The Bertz CT molecular complexity index is 570. The van der Waals surface area contributed by atoms with Crippen LogP contribution in [0.2, 0.25) is 0 Å². The first-order valence-corrected chi connectivity index (χ1v) is 7.15. The molecule has 0 aliphatic heterocycles. The number of ketones is 1. The second-order valence-corrected chi connectivity index (χ2v) is 4.90. The normalized spacial score (nSPS) is 10.5.